The van der Waals surface area contributed by atoms with Gasteiger partial charge in [-0.2, -0.15) is 0 Å². The van der Waals surface area contributed by atoms with E-state index < -0.39 is 26.7 Å². The summed E-state index contributed by atoms with van der Waals surface area (Å²) < 4.78 is 29.1. The summed E-state index contributed by atoms with van der Waals surface area (Å²) >= 11 is 0. The minimum absolute atomic E-state index is 0.0202. The Kier molecular flexibility index (Phi) is 4.23. The van der Waals surface area contributed by atoms with Crippen molar-refractivity contribution in [1.29, 1.82) is 0 Å². The van der Waals surface area contributed by atoms with E-state index in [0.717, 1.165) is 6.20 Å². The van der Waals surface area contributed by atoms with Crippen LogP contribution in [-0.4, -0.2) is 46.3 Å². The van der Waals surface area contributed by atoms with Crippen LogP contribution >= 0.6 is 15.2 Å². The standard InChI is InChI=1S/C10H14N2O8P2/c1-20-8-2-3-12-7(6-11-9(12)4-8)5-10(13,21(14,15)16)22(17,18)19/h2-4,6,13H,5H2,1H3,(H2,14,15,16)(H2,17,18,19). The second-order valence-electron chi connectivity index (χ2n) is 4.58. The quantitative estimate of drug-likeness (QED) is 0.462. The van der Waals surface area contributed by atoms with E-state index in [9.17, 15) is 14.2 Å². The fraction of sp³-hybridized carbons (Fsp3) is 0.300. The van der Waals surface area contributed by atoms with Crippen LogP contribution in [-0.2, 0) is 15.6 Å². The average Bonchev–Trinajstić information content (AvgIpc) is 2.78. The molecule has 22 heavy (non-hydrogen) atoms. The van der Waals surface area contributed by atoms with Gasteiger partial charge < -0.3 is 33.8 Å². The molecule has 12 heteroatoms. The highest BCUT2D eigenvalue weighted by Gasteiger charge is 2.59. The molecule has 2 aromatic heterocycles. The van der Waals surface area contributed by atoms with Gasteiger partial charge in [-0.15, -0.1) is 0 Å². The molecular weight excluding hydrogens is 338 g/mol. The van der Waals surface area contributed by atoms with E-state index in [1.165, 1.54) is 29.8 Å². The van der Waals surface area contributed by atoms with E-state index >= 15 is 0 Å². The lowest BCUT2D eigenvalue weighted by atomic mass is 10.3. The van der Waals surface area contributed by atoms with Crippen LogP contribution in [0.15, 0.2) is 24.5 Å². The maximum absolute atomic E-state index is 11.4. The first-order valence-electron chi connectivity index (χ1n) is 5.83. The second kappa shape index (κ2) is 5.43. The predicted molar refractivity (Wildman–Crippen MR) is 74.5 cm³/mol. The zero-order chi connectivity index (χ0) is 16.8. The van der Waals surface area contributed by atoms with Crippen LogP contribution in [0, 0.1) is 0 Å². The van der Waals surface area contributed by atoms with Crippen LogP contribution in [0.4, 0.5) is 0 Å². The molecule has 0 spiro atoms. The van der Waals surface area contributed by atoms with Crippen molar-refractivity contribution in [1.82, 2.24) is 9.38 Å². The van der Waals surface area contributed by atoms with Crippen molar-refractivity contribution >= 4 is 20.8 Å². The summed E-state index contributed by atoms with van der Waals surface area (Å²) in [6, 6.07) is 3.03. The molecule has 0 fully saturated rings. The number of aliphatic hydroxyl groups is 1. The molecule has 122 valence electrons. The summed E-state index contributed by atoms with van der Waals surface area (Å²) in [5, 5.41) is 6.41. The first-order valence-corrected chi connectivity index (χ1v) is 9.06. The summed E-state index contributed by atoms with van der Waals surface area (Å²) in [5.74, 6) is 0.477. The minimum atomic E-state index is -5.52. The Morgan fingerprint density at radius 3 is 2.36 bits per heavy atom. The first-order chi connectivity index (χ1) is 9.99. The third kappa shape index (κ3) is 2.82. The molecule has 0 aromatic carbocycles. The molecule has 0 amide bonds. The molecule has 0 unspecified atom stereocenters. The molecule has 0 saturated carbocycles. The van der Waals surface area contributed by atoms with Gasteiger partial charge in [0.25, 0.3) is 5.08 Å². The fourth-order valence-corrected chi connectivity index (χ4v) is 3.98. The van der Waals surface area contributed by atoms with Crippen LogP contribution in [0.2, 0.25) is 0 Å². The van der Waals surface area contributed by atoms with Gasteiger partial charge in [0.15, 0.2) is 0 Å². The number of fused-ring (bicyclic) bond motifs is 1. The van der Waals surface area contributed by atoms with Crippen molar-refractivity contribution in [3.8, 4) is 5.75 Å². The number of rotatable bonds is 5. The number of hydrogen-bond donors (Lipinski definition) is 5. The van der Waals surface area contributed by atoms with Gasteiger partial charge >= 0.3 is 15.2 Å². The van der Waals surface area contributed by atoms with Gasteiger partial charge in [-0.05, 0) is 6.07 Å². The molecule has 0 radical (unpaired) electrons. The van der Waals surface area contributed by atoms with Crippen molar-refractivity contribution in [2.75, 3.05) is 7.11 Å². The van der Waals surface area contributed by atoms with Crippen molar-refractivity contribution in [3.63, 3.8) is 0 Å². The Balaban J connectivity index is 2.53. The normalized spacial score (nSPS) is 13.5. The molecule has 5 N–H and O–H groups in total. The van der Waals surface area contributed by atoms with E-state index in [1.807, 2.05) is 0 Å². The number of imidazole rings is 1. The van der Waals surface area contributed by atoms with Crippen LogP contribution in [0.5, 0.6) is 5.75 Å². The predicted octanol–water partition coefficient (Wildman–Crippen LogP) is -0.113. The van der Waals surface area contributed by atoms with Gasteiger partial charge in [-0.25, -0.2) is 4.98 Å². The van der Waals surface area contributed by atoms with Gasteiger partial charge in [-0.1, -0.05) is 0 Å². The number of hydrogen-bond acceptors (Lipinski definition) is 5. The van der Waals surface area contributed by atoms with Gasteiger partial charge in [-0.3, -0.25) is 9.13 Å². The first kappa shape index (κ1) is 17.1. The summed E-state index contributed by atoms with van der Waals surface area (Å²) in [6.45, 7) is 0. The van der Waals surface area contributed by atoms with E-state index in [-0.39, 0.29) is 5.69 Å². The largest absolute Gasteiger partial charge is 0.497 e. The van der Waals surface area contributed by atoms with E-state index in [2.05, 4.69) is 4.98 Å². The summed E-state index contributed by atoms with van der Waals surface area (Å²) in [7, 11) is -9.59. The molecule has 0 aliphatic carbocycles. The zero-order valence-electron chi connectivity index (χ0n) is 11.3. The Bertz CT molecular complexity index is 769. The molecule has 2 heterocycles. The highest BCUT2D eigenvalue weighted by Crippen LogP contribution is 2.68. The molecule has 10 nitrogen and oxygen atoms in total. The number of ether oxygens (including phenoxy) is 1. The van der Waals surface area contributed by atoms with Gasteiger partial charge in [0.05, 0.1) is 7.11 Å². The van der Waals surface area contributed by atoms with Crippen LogP contribution < -0.4 is 4.74 Å². The van der Waals surface area contributed by atoms with Gasteiger partial charge in [0, 0.05) is 30.6 Å². The van der Waals surface area contributed by atoms with Crippen LogP contribution in [0.25, 0.3) is 5.65 Å². The number of pyridine rings is 1. The van der Waals surface area contributed by atoms with E-state index in [1.54, 1.807) is 0 Å². The minimum Gasteiger partial charge on any atom is -0.497 e. The second-order valence-corrected chi connectivity index (χ2v) is 8.59. The number of nitrogens with zero attached hydrogens (tertiary/aromatic N) is 2. The van der Waals surface area contributed by atoms with E-state index in [0.29, 0.717) is 11.4 Å². The number of methoxy groups -OCH3 is 1. The van der Waals surface area contributed by atoms with Crippen LogP contribution in [0.3, 0.4) is 0 Å². The number of aromatic nitrogens is 2. The Morgan fingerprint density at radius 1 is 1.27 bits per heavy atom. The SMILES string of the molecule is COc1ccn2c(CC(O)(P(=O)(O)O)P(=O)(O)O)cnc2c1. The molecule has 0 atom stereocenters. The van der Waals surface area contributed by atoms with Gasteiger partial charge in [0.1, 0.15) is 11.4 Å². The summed E-state index contributed by atoms with van der Waals surface area (Å²) in [6.07, 6.45) is 1.62. The average molecular weight is 352 g/mol. The lowest BCUT2D eigenvalue weighted by Gasteiger charge is -2.28. The summed E-state index contributed by atoms with van der Waals surface area (Å²) in [5.41, 5.74) is 0.347. The molecule has 0 aliphatic heterocycles. The molecule has 0 saturated heterocycles. The smallest absolute Gasteiger partial charge is 0.369 e. The lowest BCUT2D eigenvalue weighted by molar-refractivity contribution is 0.130. The van der Waals surface area contributed by atoms with Crippen molar-refractivity contribution < 1.29 is 38.5 Å². The van der Waals surface area contributed by atoms with Gasteiger partial charge in [0.2, 0.25) is 0 Å². The highest BCUT2D eigenvalue weighted by molar-refractivity contribution is 7.72. The highest BCUT2D eigenvalue weighted by atomic mass is 31.2. The van der Waals surface area contributed by atoms with E-state index in [4.69, 9.17) is 24.3 Å². The maximum atomic E-state index is 11.4. The Hall–Kier alpha value is -1.25. The summed E-state index contributed by atoms with van der Waals surface area (Å²) in [4.78, 5) is 40.5. The maximum Gasteiger partial charge on any atom is 0.369 e. The molecule has 2 rings (SSSR count). The third-order valence-electron chi connectivity index (χ3n) is 3.15. The molecular formula is C10H14N2O8P2. The lowest BCUT2D eigenvalue weighted by Crippen LogP contribution is -2.31. The Morgan fingerprint density at radius 2 is 1.86 bits per heavy atom. The Labute approximate surface area is 124 Å². The topological polar surface area (TPSA) is 162 Å². The molecule has 0 aliphatic rings. The van der Waals surface area contributed by atoms with Crippen molar-refractivity contribution in [3.05, 3.63) is 30.2 Å². The fourth-order valence-electron chi connectivity index (χ4n) is 1.89. The molecule has 2 aromatic rings. The van der Waals surface area contributed by atoms with Crippen LogP contribution in [0.1, 0.15) is 5.69 Å². The molecule has 0 bridgehead atoms. The van der Waals surface area contributed by atoms with Crippen molar-refractivity contribution in [2.45, 2.75) is 11.5 Å². The third-order valence-corrected chi connectivity index (χ3v) is 6.89. The van der Waals surface area contributed by atoms with Crippen molar-refractivity contribution in [2.24, 2.45) is 0 Å². The monoisotopic (exact) mass is 352 g/mol. The zero-order valence-corrected chi connectivity index (χ0v) is 13.1.